The second kappa shape index (κ2) is 6.43. The van der Waals surface area contributed by atoms with Gasteiger partial charge >= 0.3 is 0 Å². The number of nitrogens with zero attached hydrogens (tertiary/aromatic N) is 1. The van der Waals surface area contributed by atoms with Crippen LogP contribution in [0.2, 0.25) is 0 Å². The molecular formula is C13H20BrN3O3S. The molecule has 0 unspecified atom stereocenters. The molecule has 0 saturated carbocycles. The van der Waals surface area contributed by atoms with Crippen LogP contribution in [0.25, 0.3) is 0 Å². The van der Waals surface area contributed by atoms with E-state index in [2.05, 4.69) is 15.9 Å². The third-order valence-electron chi connectivity index (χ3n) is 3.07. The molecule has 0 fully saturated rings. The number of sulfonamides is 1. The molecule has 1 aromatic rings. The summed E-state index contributed by atoms with van der Waals surface area (Å²) in [4.78, 5) is 11.3. The highest BCUT2D eigenvalue weighted by Gasteiger charge is 2.28. The second-order valence-corrected chi connectivity index (χ2v) is 8.63. The van der Waals surface area contributed by atoms with E-state index >= 15 is 0 Å². The van der Waals surface area contributed by atoms with Crippen LogP contribution in [0.1, 0.15) is 24.2 Å². The second-order valence-electron chi connectivity index (χ2n) is 5.67. The molecule has 4 N–H and O–H groups in total. The minimum atomic E-state index is -3.72. The first-order chi connectivity index (χ1) is 9.49. The lowest BCUT2D eigenvalue weighted by Gasteiger charge is -2.28. The highest BCUT2D eigenvalue weighted by atomic mass is 79.9. The highest BCUT2D eigenvalue weighted by molar-refractivity contribution is 9.10. The number of rotatable bonds is 6. The maximum Gasteiger partial charge on any atom is 0.248 e. The number of primary amides is 1. The number of hydrogen-bond donors (Lipinski definition) is 2. The van der Waals surface area contributed by atoms with Gasteiger partial charge in [-0.15, -0.1) is 0 Å². The Morgan fingerprint density at radius 1 is 1.33 bits per heavy atom. The van der Waals surface area contributed by atoms with Gasteiger partial charge in [0.2, 0.25) is 15.9 Å². The molecule has 21 heavy (non-hydrogen) atoms. The van der Waals surface area contributed by atoms with E-state index in [1.165, 1.54) is 29.6 Å². The summed E-state index contributed by atoms with van der Waals surface area (Å²) >= 11 is 3.19. The minimum Gasteiger partial charge on any atom is -0.366 e. The molecule has 0 aromatic heterocycles. The Balaban J connectivity index is 3.22. The number of hydrogen-bond acceptors (Lipinski definition) is 4. The topological polar surface area (TPSA) is 106 Å². The summed E-state index contributed by atoms with van der Waals surface area (Å²) in [7, 11) is -2.24. The van der Waals surface area contributed by atoms with Crippen LogP contribution in [-0.2, 0) is 10.0 Å². The molecule has 0 aliphatic carbocycles. The molecular weight excluding hydrogens is 358 g/mol. The number of benzene rings is 1. The quantitative estimate of drug-likeness (QED) is 0.775. The Morgan fingerprint density at radius 3 is 2.38 bits per heavy atom. The Morgan fingerprint density at radius 2 is 1.90 bits per heavy atom. The zero-order valence-electron chi connectivity index (χ0n) is 12.3. The predicted octanol–water partition coefficient (Wildman–Crippen LogP) is 1.15. The number of amides is 1. The lowest BCUT2D eigenvalue weighted by molar-refractivity contribution is 0.1000. The highest BCUT2D eigenvalue weighted by Crippen LogP contribution is 2.24. The molecule has 0 aliphatic heterocycles. The van der Waals surface area contributed by atoms with Crippen molar-refractivity contribution in [3.63, 3.8) is 0 Å². The third kappa shape index (κ3) is 4.50. The van der Waals surface area contributed by atoms with Crippen molar-refractivity contribution in [2.45, 2.75) is 18.7 Å². The van der Waals surface area contributed by atoms with Crippen molar-refractivity contribution < 1.29 is 13.2 Å². The van der Waals surface area contributed by atoms with E-state index in [-0.39, 0.29) is 22.4 Å². The van der Waals surface area contributed by atoms with Crippen LogP contribution in [0.3, 0.4) is 0 Å². The largest absolute Gasteiger partial charge is 0.366 e. The van der Waals surface area contributed by atoms with Gasteiger partial charge in [-0.2, -0.15) is 0 Å². The Hall–Kier alpha value is -0.960. The van der Waals surface area contributed by atoms with Gasteiger partial charge in [0.15, 0.2) is 0 Å². The van der Waals surface area contributed by atoms with Gasteiger partial charge in [0.1, 0.15) is 0 Å². The molecule has 8 heteroatoms. The van der Waals surface area contributed by atoms with Crippen LogP contribution in [0.15, 0.2) is 27.6 Å². The van der Waals surface area contributed by atoms with E-state index in [0.717, 1.165) is 0 Å². The zero-order valence-corrected chi connectivity index (χ0v) is 14.7. The number of carbonyl (C=O) groups is 1. The number of nitrogens with two attached hydrogens (primary N) is 2. The molecule has 0 saturated heterocycles. The fraction of sp³-hybridized carbons (Fsp3) is 0.462. The summed E-state index contributed by atoms with van der Waals surface area (Å²) in [6, 6.07) is 4.19. The maximum absolute atomic E-state index is 12.6. The van der Waals surface area contributed by atoms with Crippen LogP contribution in [0.5, 0.6) is 0 Å². The van der Waals surface area contributed by atoms with Crippen LogP contribution in [0, 0.1) is 5.41 Å². The molecule has 1 rings (SSSR count). The minimum absolute atomic E-state index is 0.0148. The summed E-state index contributed by atoms with van der Waals surface area (Å²) in [6.07, 6.45) is 0. The maximum atomic E-state index is 12.6. The van der Waals surface area contributed by atoms with E-state index in [4.69, 9.17) is 11.5 Å². The first-order valence-corrected chi connectivity index (χ1v) is 8.50. The van der Waals surface area contributed by atoms with Gasteiger partial charge in [-0.25, -0.2) is 12.7 Å². The summed E-state index contributed by atoms with van der Waals surface area (Å²) < 4.78 is 26.8. The van der Waals surface area contributed by atoms with E-state index in [1.54, 1.807) is 0 Å². The number of carbonyl (C=O) groups excluding carboxylic acids is 1. The Labute approximate surface area is 133 Å². The smallest absolute Gasteiger partial charge is 0.248 e. The van der Waals surface area contributed by atoms with Crippen LogP contribution in [0.4, 0.5) is 0 Å². The third-order valence-corrected chi connectivity index (χ3v) is 5.31. The monoisotopic (exact) mass is 377 g/mol. The summed E-state index contributed by atoms with van der Waals surface area (Å²) in [6.45, 7) is 4.39. The van der Waals surface area contributed by atoms with Gasteiger partial charge in [-0.3, -0.25) is 4.79 Å². The van der Waals surface area contributed by atoms with Gasteiger partial charge in [0.05, 0.1) is 4.90 Å². The van der Waals surface area contributed by atoms with Crippen molar-refractivity contribution in [1.82, 2.24) is 4.31 Å². The fourth-order valence-electron chi connectivity index (χ4n) is 1.79. The summed E-state index contributed by atoms with van der Waals surface area (Å²) in [5, 5.41) is 0. The molecule has 0 atom stereocenters. The predicted molar refractivity (Wildman–Crippen MR) is 85.3 cm³/mol. The lowest BCUT2D eigenvalue weighted by Crippen LogP contribution is -2.39. The average molecular weight is 378 g/mol. The average Bonchev–Trinajstić information content (AvgIpc) is 2.37. The molecule has 1 amide bonds. The molecule has 0 bridgehead atoms. The lowest BCUT2D eigenvalue weighted by atomic mass is 9.94. The van der Waals surface area contributed by atoms with E-state index in [0.29, 0.717) is 11.0 Å². The normalized spacial score (nSPS) is 12.7. The Kier molecular flexibility index (Phi) is 5.54. The van der Waals surface area contributed by atoms with Crippen molar-refractivity contribution in [3.05, 3.63) is 28.2 Å². The van der Waals surface area contributed by atoms with Crippen LogP contribution < -0.4 is 11.5 Å². The van der Waals surface area contributed by atoms with Crippen molar-refractivity contribution in [1.29, 1.82) is 0 Å². The van der Waals surface area contributed by atoms with Crippen LogP contribution in [-0.4, -0.2) is 38.8 Å². The summed E-state index contributed by atoms with van der Waals surface area (Å²) in [5.41, 5.74) is 10.6. The zero-order chi connectivity index (χ0) is 16.4. The first-order valence-electron chi connectivity index (χ1n) is 6.26. The number of halogens is 1. The van der Waals surface area contributed by atoms with Crippen molar-refractivity contribution in [2.24, 2.45) is 16.9 Å². The molecule has 1 aromatic carbocycles. The molecule has 0 spiro atoms. The molecule has 0 aliphatic rings. The van der Waals surface area contributed by atoms with Gasteiger partial charge < -0.3 is 11.5 Å². The molecule has 118 valence electrons. The SMILES string of the molecule is CN(CC(C)(C)CN)S(=O)(=O)c1cc(Br)cc(C(N)=O)c1. The van der Waals surface area contributed by atoms with Crippen LogP contribution >= 0.6 is 15.9 Å². The van der Waals surface area contributed by atoms with E-state index in [1.807, 2.05) is 13.8 Å². The van der Waals surface area contributed by atoms with Gasteiger partial charge in [-0.1, -0.05) is 29.8 Å². The summed E-state index contributed by atoms with van der Waals surface area (Å²) in [5.74, 6) is -0.683. The molecule has 6 nitrogen and oxygen atoms in total. The fourth-order valence-corrected chi connectivity index (χ4v) is 3.86. The van der Waals surface area contributed by atoms with E-state index in [9.17, 15) is 13.2 Å². The Bertz CT molecular complexity index is 644. The van der Waals surface area contributed by atoms with Gasteiger partial charge in [0.25, 0.3) is 0 Å². The molecule has 0 radical (unpaired) electrons. The standard InChI is InChI=1S/C13H20BrN3O3S/c1-13(2,7-15)8-17(3)21(19,20)11-5-9(12(16)18)4-10(14)6-11/h4-6H,7-8,15H2,1-3H3,(H2,16,18). The first kappa shape index (κ1) is 18.1. The van der Waals surface area contributed by atoms with Gasteiger partial charge in [0, 0.05) is 23.6 Å². The van der Waals surface area contributed by atoms with Crippen molar-refractivity contribution in [2.75, 3.05) is 20.1 Å². The van der Waals surface area contributed by atoms with E-state index < -0.39 is 15.9 Å². The molecule has 0 heterocycles. The van der Waals surface area contributed by atoms with Crippen molar-refractivity contribution >= 4 is 31.9 Å². The van der Waals surface area contributed by atoms with Crippen molar-refractivity contribution in [3.8, 4) is 0 Å². The van der Waals surface area contributed by atoms with Gasteiger partial charge in [-0.05, 0) is 30.2 Å².